The Labute approximate surface area is 160 Å². The van der Waals surface area contributed by atoms with E-state index in [0.717, 1.165) is 4.90 Å². The highest BCUT2D eigenvalue weighted by atomic mass is 35.5. The molecule has 8 heteroatoms. The van der Waals surface area contributed by atoms with Gasteiger partial charge in [-0.1, -0.05) is 35.9 Å². The molecule has 0 aliphatic carbocycles. The van der Waals surface area contributed by atoms with Crippen LogP contribution in [0.1, 0.15) is 10.4 Å². The average molecular weight is 387 g/mol. The second-order valence-electron chi connectivity index (χ2n) is 5.47. The van der Waals surface area contributed by atoms with Gasteiger partial charge in [0.25, 0.3) is 11.8 Å². The number of ether oxygens (including phenoxy) is 2. The Kier molecular flexibility index (Phi) is 5.14. The van der Waals surface area contributed by atoms with Gasteiger partial charge in [-0.2, -0.15) is 0 Å². The van der Waals surface area contributed by atoms with E-state index >= 15 is 0 Å². The summed E-state index contributed by atoms with van der Waals surface area (Å²) >= 11 is 6.13. The lowest BCUT2D eigenvalue weighted by molar-refractivity contribution is -0.120. The van der Waals surface area contributed by atoms with Crippen LogP contribution in [-0.4, -0.2) is 32.0 Å². The molecule has 1 N–H and O–H groups in total. The molecule has 1 aliphatic heterocycles. The molecule has 7 nitrogen and oxygen atoms in total. The number of para-hydroxylation sites is 3. The summed E-state index contributed by atoms with van der Waals surface area (Å²) in [6.07, 6.45) is 0. The van der Waals surface area contributed by atoms with Crippen molar-refractivity contribution >= 4 is 40.8 Å². The van der Waals surface area contributed by atoms with Crippen LogP contribution < -0.4 is 15.0 Å². The van der Waals surface area contributed by atoms with Gasteiger partial charge in [0.2, 0.25) is 0 Å². The normalized spacial score (nSPS) is 13.8. The number of amides is 2. The molecule has 0 saturated heterocycles. The van der Waals surface area contributed by atoms with E-state index in [0.29, 0.717) is 11.4 Å². The number of rotatable bonds is 5. The first-order valence-corrected chi connectivity index (χ1v) is 8.23. The number of esters is 1. The van der Waals surface area contributed by atoms with Crippen LogP contribution in [0, 0.1) is 0 Å². The van der Waals surface area contributed by atoms with Crippen LogP contribution in [0.15, 0.2) is 59.3 Å². The second kappa shape index (κ2) is 7.51. The lowest BCUT2D eigenvalue weighted by atomic mass is 10.1. The fraction of sp³-hybridized carbons (Fsp3) is 0.105. The summed E-state index contributed by atoms with van der Waals surface area (Å²) in [5.41, 5.74) is 0.530. The number of nitrogens with one attached hydrogen (secondary N) is 1. The van der Waals surface area contributed by atoms with Gasteiger partial charge in [-0.3, -0.25) is 9.59 Å². The number of hydrogen-bond acceptors (Lipinski definition) is 6. The standard InChI is InChI=1S/C19H15ClN2O5/c1-26-14-10-6-4-8-12(14)21-16-15(20)17(23)22(18(16)24)13-9-5-3-7-11(13)19(25)27-2/h3-10,21H,1-2H3. The van der Waals surface area contributed by atoms with Crippen LogP contribution in [0.3, 0.4) is 0 Å². The molecule has 138 valence electrons. The molecule has 3 rings (SSSR count). The zero-order valence-corrected chi connectivity index (χ0v) is 15.2. The van der Waals surface area contributed by atoms with Crippen LogP contribution in [0.25, 0.3) is 0 Å². The minimum atomic E-state index is -0.740. The zero-order valence-electron chi connectivity index (χ0n) is 14.5. The van der Waals surface area contributed by atoms with E-state index in [-0.39, 0.29) is 22.0 Å². The van der Waals surface area contributed by atoms with Gasteiger partial charge in [-0.05, 0) is 24.3 Å². The molecule has 0 bridgehead atoms. The monoisotopic (exact) mass is 386 g/mol. The number of methoxy groups -OCH3 is 2. The van der Waals surface area contributed by atoms with Crippen molar-refractivity contribution in [1.82, 2.24) is 0 Å². The van der Waals surface area contributed by atoms with Crippen molar-refractivity contribution in [3.05, 3.63) is 64.8 Å². The Balaban J connectivity index is 1.99. The van der Waals surface area contributed by atoms with Crippen LogP contribution >= 0.6 is 11.6 Å². The minimum Gasteiger partial charge on any atom is -0.495 e. The predicted octanol–water partition coefficient (Wildman–Crippen LogP) is 2.92. The molecule has 0 spiro atoms. The molecular formula is C19H15ClN2O5. The topological polar surface area (TPSA) is 84.9 Å². The Morgan fingerprint density at radius 2 is 1.67 bits per heavy atom. The number of anilines is 2. The number of benzene rings is 2. The molecule has 0 radical (unpaired) electrons. The smallest absolute Gasteiger partial charge is 0.339 e. The Hall–Kier alpha value is -3.32. The van der Waals surface area contributed by atoms with E-state index in [1.54, 1.807) is 36.4 Å². The van der Waals surface area contributed by atoms with E-state index in [1.807, 2.05) is 0 Å². The van der Waals surface area contributed by atoms with Crippen molar-refractivity contribution in [2.24, 2.45) is 0 Å². The van der Waals surface area contributed by atoms with Gasteiger partial charge in [0.05, 0.1) is 31.2 Å². The lowest BCUT2D eigenvalue weighted by Gasteiger charge is -2.18. The van der Waals surface area contributed by atoms with Crippen LogP contribution in [0.5, 0.6) is 5.75 Å². The molecule has 2 aromatic rings. The molecule has 0 unspecified atom stereocenters. The highest BCUT2D eigenvalue weighted by molar-refractivity contribution is 6.53. The van der Waals surface area contributed by atoms with Gasteiger partial charge in [-0.25, -0.2) is 9.69 Å². The Morgan fingerprint density at radius 3 is 2.37 bits per heavy atom. The quantitative estimate of drug-likeness (QED) is 0.628. The fourth-order valence-corrected chi connectivity index (χ4v) is 2.88. The third-order valence-electron chi connectivity index (χ3n) is 3.94. The third-order valence-corrected chi connectivity index (χ3v) is 4.29. The van der Waals surface area contributed by atoms with Gasteiger partial charge in [0, 0.05) is 0 Å². The molecule has 1 heterocycles. The largest absolute Gasteiger partial charge is 0.495 e. The van der Waals surface area contributed by atoms with Gasteiger partial charge < -0.3 is 14.8 Å². The van der Waals surface area contributed by atoms with Crippen molar-refractivity contribution in [1.29, 1.82) is 0 Å². The van der Waals surface area contributed by atoms with E-state index in [9.17, 15) is 14.4 Å². The van der Waals surface area contributed by atoms with Crippen LogP contribution in [0.2, 0.25) is 0 Å². The number of carbonyl (C=O) groups excluding carboxylic acids is 3. The first kappa shape index (κ1) is 18.5. The SMILES string of the molecule is COC(=O)c1ccccc1N1C(=O)C(Cl)=C(Nc2ccccc2OC)C1=O. The third kappa shape index (κ3) is 3.24. The maximum atomic E-state index is 12.9. The van der Waals surface area contributed by atoms with E-state index < -0.39 is 17.8 Å². The summed E-state index contributed by atoms with van der Waals surface area (Å²) in [4.78, 5) is 38.4. The summed E-state index contributed by atoms with van der Waals surface area (Å²) in [5, 5.41) is 2.56. The maximum Gasteiger partial charge on any atom is 0.339 e. The molecule has 0 aromatic heterocycles. The zero-order chi connectivity index (χ0) is 19.6. The van der Waals surface area contributed by atoms with Gasteiger partial charge in [0.15, 0.2) is 0 Å². The van der Waals surface area contributed by atoms with Crippen molar-refractivity contribution in [2.45, 2.75) is 0 Å². The molecule has 1 aliphatic rings. The molecule has 0 fully saturated rings. The summed E-state index contributed by atoms with van der Waals surface area (Å²) in [6.45, 7) is 0. The predicted molar refractivity (Wildman–Crippen MR) is 99.8 cm³/mol. The average Bonchev–Trinajstić information content (AvgIpc) is 2.91. The fourth-order valence-electron chi connectivity index (χ4n) is 2.66. The van der Waals surface area contributed by atoms with Crippen molar-refractivity contribution < 1.29 is 23.9 Å². The first-order chi connectivity index (χ1) is 13.0. The minimum absolute atomic E-state index is 0.0738. The molecule has 27 heavy (non-hydrogen) atoms. The molecular weight excluding hydrogens is 372 g/mol. The number of imide groups is 1. The lowest BCUT2D eigenvalue weighted by Crippen LogP contribution is -2.33. The number of hydrogen-bond donors (Lipinski definition) is 1. The highest BCUT2D eigenvalue weighted by Gasteiger charge is 2.40. The highest BCUT2D eigenvalue weighted by Crippen LogP contribution is 2.34. The van der Waals surface area contributed by atoms with E-state index in [4.69, 9.17) is 21.1 Å². The van der Waals surface area contributed by atoms with Crippen molar-refractivity contribution in [3.63, 3.8) is 0 Å². The van der Waals surface area contributed by atoms with Gasteiger partial charge in [0.1, 0.15) is 16.5 Å². The van der Waals surface area contributed by atoms with Gasteiger partial charge in [-0.15, -0.1) is 0 Å². The van der Waals surface area contributed by atoms with E-state index in [2.05, 4.69) is 5.32 Å². The molecule has 0 saturated carbocycles. The summed E-state index contributed by atoms with van der Waals surface area (Å²) < 4.78 is 9.95. The number of carbonyl (C=O) groups is 3. The number of halogens is 1. The van der Waals surface area contributed by atoms with Crippen molar-refractivity contribution in [3.8, 4) is 5.75 Å². The molecule has 2 amide bonds. The van der Waals surface area contributed by atoms with Crippen LogP contribution in [-0.2, 0) is 14.3 Å². The van der Waals surface area contributed by atoms with Gasteiger partial charge >= 0.3 is 5.97 Å². The molecule has 0 atom stereocenters. The molecule has 2 aromatic carbocycles. The first-order valence-electron chi connectivity index (χ1n) is 7.85. The maximum absolute atomic E-state index is 12.9. The van der Waals surface area contributed by atoms with E-state index in [1.165, 1.54) is 26.4 Å². The summed E-state index contributed by atoms with van der Waals surface area (Å²) in [6, 6.07) is 13.0. The summed E-state index contributed by atoms with van der Waals surface area (Å²) in [7, 11) is 2.70. The van der Waals surface area contributed by atoms with Crippen molar-refractivity contribution in [2.75, 3.05) is 24.4 Å². The Bertz CT molecular complexity index is 970. The second-order valence-corrected chi connectivity index (χ2v) is 5.85. The summed E-state index contributed by atoms with van der Waals surface area (Å²) in [5.74, 6) is -1.63. The van der Waals surface area contributed by atoms with Crippen LogP contribution in [0.4, 0.5) is 11.4 Å². The number of nitrogens with zero attached hydrogens (tertiary/aromatic N) is 1. The Morgan fingerprint density at radius 1 is 1.00 bits per heavy atom.